The molecule has 0 aromatic carbocycles. The molecule has 0 fully saturated rings. The smallest absolute Gasteiger partial charge is 0.302 e. The average molecular weight is 387 g/mol. The third-order valence-corrected chi connectivity index (χ3v) is 5.01. The molecule has 2 aromatic heterocycles. The lowest BCUT2D eigenvalue weighted by atomic mass is 10.2. The minimum Gasteiger partial charge on any atom is -0.302 e. The lowest BCUT2D eigenvalue weighted by Crippen LogP contribution is -2.27. The summed E-state index contributed by atoms with van der Waals surface area (Å²) in [6.07, 6.45) is -0.703. The molecule has 0 aliphatic carbocycles. The Balaban J connectivity index is 2.45. The third-order valence-electron chi connectivity index (χ3n) is 3.19. The van der Waals surface area contributed by atoms with Crippen molar-refractivity contribution in [2.24, 2.45) is 0 Å². The maximum Gasteiger partial charge on any atom is 0.394 e. The summed E-state index contributed by atoms with van der Waals surface area (Å²) in [4.78, 5) is 21.7. The van der Waals surface area contributed by atoms with Gasteiger partial charge in [-0.3, -0.25) is 9.78 Å². The number of hydrogen-bond donors (Lipinski definition) is 0. The van der Waals surface area contributed by atoms with Crippen molar-refractivity contribution < 1.29 is 18.0 Å². The predicted octanol–water partition coefficient (Wildman–Crippen LogP) is 4.54. The van der Waals surface area contributed by atoms with Gasteiger partial charge in [-0.25, -0.2) is 4.98 Å². The molecule has 0 saturated heterocycles. The van der Waals surface area contributed by atoms with Crippen LogP contribution in [0.5, 0.6) is 0 Å². The van der Waals surface area contributed by atoms with Gasteiger partial charge in [0.05, 0.1) is 12.1 Å². The van der Waals surface area contributed by atoms with E-state index in [1.807, 2.05) is 0 Å². The normalized spacial score (nSPS) is 12.3. The zero-order valence-corrected chi connectivity index (χ0v) is 15.4. The van der Waals surface area contributed by atoms with Crippen molar-refractivity contribution in [1.29, 1.82) is 0 Å². The summed E-state index contributed by atoms with van der Waals surface area (Å²) in [5.41, 5.74) is 0.896. The van der Waals surface area contributed by atoms with E-state index in [4.69, 9.17) is 0 Å². The number of likely N-dealkylation sites (N-methyl/N-ethyl adjacent to an activating group) is 1. The van der Waals surface area contributed by atoms with Gasteiger partial charge in [-0.05, 0) is 30.7 Å². The average Bonchev–Trinajstić information content (AvgIpc) is 2.96. The number of carbonyl (C=O) groups excluding carboxylic acids is 1. The molecule has 0 unspecified atom stereocenters. The Morgan fingerprint density at radius 2 is 2.16 bits per heavy atom. The molecule has 134 valence electrons. The number of pyridine rings is 1. The lowest BCUT2D eigenvalue weighted by molar-refractivity contribution is -0.127. The fraction of sp³-hybridized carbons (Fsp3) is 0.312. The van der Waals surface area contributed by atoms with Gasteiger partial charge in [-0.15, -0.1) is 11.8 Å². The lowest BCUT2D eigenvalue weighted by Gasteiger charge is -2.17. The van der Waals surface area contributed by atoms with Gasteiger partial charge in [0, 0.05) is 30.6 Å². The van der Waals surface area contributed by atoms with Crippen LogP contribution >= 0.6 is 23.1 Å². The van der Waals surface area contributed by atoms with Gasteiger partial charge in [-0.1, -0.05) is 11.3 Å². The molecule has 0 aliphatic heterocycles. The molecule has 0 aliphatic rings. The van der Waals surface area contributed by atoms with Crippen LogP contribution in [0.4, 0.5) is 18.2 Å². The number of carbonyl (C=O) groups is 1. The van der Waals surface area contributed by atoms with Crippen molar-refractivity contribution in [3.63, 3.8) is 0 Å². The highest BCUT2D eigenvalue weighted by molar-refractivity contribution is 8.01. The number of hydrogen-bond acceptors (Lipinski definition) is 5. The molecular weight excluding hydrogens is 371 g/mol. The predicted molar refractivity (Wildman–Crippen MR) is 95.8 cm³/mol. The molecule has 9 heteroatoms. The highest BCUT2D eigenvalue weighted by Crippen LogP contribution is 2.37. The van der Waals surface area contributed by atoms with Crippen molar-refractivity contribution in [3.05, 3.63) is 41.2 Å². The largest absolute Gasteiger partial charge is 0.394 e. The van der Waals surface area contributed by atoms with Crippen molar-refractivity contribution in [2.75, 3.05) is 18.2 Å². The zero-order chi connectivity index (χ0) is 18.6. The maximum atomic E-state index is 12.9. The Bertz CT molecular complexity index is 773. The fourth-order valence-corrected chi connectivity index (χ4v) is 3.59. The molecule has 2 heterocycles. The van der Waals surface area contributed by atoms with Crippen molar-refractivity contribution in [3.8, 4) is 10.6 Å². The number of amides is 1. The number of anilines is 1. The summed E-state index contributed by atoms with van der Waals surface area (Å²) < 4.78 is 38.7. The van der Waals surface area contributed by atoms with Crippen LogP contribution in [-0.2, 0) is 11.2 Å². The molecule has 0 spiro atoms. The SMILES string of the molecule is CS/C=C(\C)C(=O)N(C)c1sc(-c2cccnc2)nc1CC(F)(F)F. The number of thioether (sulfide) groups is 1. The van der Waals surface area contributed by atoms with Crippen LogP contribution in [0.25, 0.3) is 10.6 Å². The highest BCUT2D eigenvalue weighted by Gasteiger charge is 2.33. The Morgan fingerprint density at radius 3 is 2.72 bits per heavy atom. The topological polar surface area (TPSA) is 46.1 Å². The van der Waals surface area contributed by atoms with Crippen LogP contribution < -0.4 is 4.90 Å². The van der Waals surface area contributed by atoms with Crippen molar-refractivity contribution in [1.82, 2.24) is 9.97 Å². The first-order chi connectivity index (χ1) is 11.7. The van der Waals surface area contributed by atoms with Crippen LogP contribution in [0.3, 0.4) is 0 Å². The summed E-state index contributed by atoms with van der Waals surface area (Å²) in [6.45, 7) is 1.63. The standard InChI is InChI=1S/C16H16F3N3OS2/c1-10(9-24-3)14(23)22(2)15-12(7-16(17,18)19)21-13(25-15)11-5-4-6-20-8-11/h4-6,8-9H,7H2,1-3H3/b10-9+. The number of halogens is 3. The van der Waals surface area contributed by atoms with E-state index in [9.17, 15) is 18.0 Å². The number of aromatic nitrogens is 2. The van der Waals surface area contributed by atoms with E-state index in [0.29, 0.717) is 16.1 Å². The second kappa shape index (κ2) is 8.01. The van der Waals surface area contributed by atoms with E-state index in [0.717, 1.165) is 11.3 Å². The van der Waals surface area contributed by atoms with Gasteiger partial charge in [0.15, 0.2) is 0 Å². The first kappa shape index (κ1) is 19.5. The maximum absolute atomic E-state index is 12.9. The van der Waals surface area contributed by atoms with Gasteiger partial charge in [0.25, 0.3) is 5.91 Å². The summed E-state index contributed by atoms with van der Waals surface area (Å²) in [6, 6.07) is 3.40. The molecular formula is C16H16F3N3OS2. The van der Waals surface area contributed by atoms with Crippen LogP contribution in [0.1, 0.15) is 12.6 Å². The molecule has 1 amide bonds. The van der Waals surface area contributed by atoms with Crippen LogP contribution in [0.2, 0.25) is 0 Å². The summed E-state index contributed by atoms with van der Waals surface area (Å²) in [7, 11) is 1.46. The monoisotopic (exact) mass is 387 g/mol. The second-order valence-corrected chi connectivity index (χ2v) is 6.89. The Kier molecular flexibility index (Phi) is 6.23. The molecule has 4 nitrogen and oxygen atoms in total. The number of nitrogens with zero attached hydrogens (tertiary/aromatic N) is 3. The van der Waals surface area contributed by atoms with Crippen LogP contribution in [0, 0.1) is 0 Å². The summed E-state index contributed by atoms with van der Waals surface area (Å²) in [5, 5.41) is 2.24. The minimum atomic E-state index is -4.41. The van der Waals surface area contributed by atoms with E-state index < -0.39 is 12.6 Å². The van der Waals surface area contributed by atoms with Gasteiger partial charge >= 0.3 is 6.18 Å². The molecule has 0 atom stereocenters. The van der Waals surface area contributed by atoms with E-state index in [1.54, 1.807) is 36.9 Å². The molecule has 0 N–H and O–H groups in total. The van der Waals surface area contributed by atoms with Crippen molar-refractivity contribution >= 4 is 34.0 Å². The highest BCUT2D eigenvalue weighted by atomic mass is 32.2. The van der Waals surface area contributed by atoms with E-state index in [1.165, 1.54) is 29.9 Å². The van der Waals surface area contributed by atoms with Gasteiger partial charge < -0.3 is 4.90 Å². The van der Waals surface area contributed by atoms with E-state index in [-0.39, 0.29) is 16.6 Å². The number of alkyl halides is 3. The van der Waals surface area contributed by atoms with E-state index >= 15 is 0 Å². The van der Waals surface area contributed by atoms with Crippen LogP contribution in [-0.4, -0.2) is 35.4 Å². The molecule has 2 rings (SSSR count). The van der Waals surface area contributed by atoms with Gasteiger partial charge in [-0.2, -0.15) is 13.2 Å². The van der Waals surface area contributed by atoms with E-state index in [2.05, 4.69) is 9.97 Å². The van der Waals surface area contributed by atoms with Crippen molar-refractivity contribution in [2.45, 2.75) is 19.5 Å². The molecule has 0 radical (unpaired) electrons. The Morgan fingerprint density at radius 1 is 1.44 bits per heavy atom. The van der Waals surface area contributed by atoms with Gasteiger partial charge in [0.2, 0.25) is 0 Å². The van der Waals surface area contributed by atoms with Crippen LogP contribution in [0.15, 0.2) is 35.5 Å². The zero-order valence-electron chi connectivity index (χ0n) is 13.8. The number of thiazole rings is 1. The fourth-order valence-electron chi connectivity index (χ4n) is 2.11. The summed E-state index contributed by atoms with van der Waals surface area (Å²) >= 11 is 2.40. The first-order valence-electron chi connectivity index (χ1n) is 7.17. The third kappa shape index (κ3) is 5.05. The second-order valence-electron chi connectivity index (χ2n) is 5.21. The Hall–Kier alpha value is -1.87. The first-order valence-corrected chi connectivity index (χ1v) is 9.28. The summed E-state index contributed by atoms with van der Waals surface area (Å²) in [5.74, 6) is -0.362. The number of rotatable bonds is 5. The quantitative estimate of drug-likeness (QED) is 0.707. The molecule has 0 saturated carbocycles. The molecule has 25 heavy (non-hydrogen) atoms. The Labute approximate surface area is 151 Å². The van der Waals surface area contributed by atoms with Gasteiger partial charge in [0.1, 0.15) is 10.0 Å². The molecule has 0 bridgehead atoms. The molecule has 2 aromatic rings. The minimum absolute atomic E-state index is 0.163.